The van der Waals surface area contributed by atoms with Gasteiger partial charge in [0.2, 0.25) is 0 Å². The summed E-state index contributed by atoms with van der Waals surface area (Å²) in [5, 5.41) is 1.81. The number of nitrogens with zero attached hydrogens (tertiary/aromatic N) is 5. The number of hydrogen-bond donors (Lipinski definition) is 1. The van der Waals surface area contributed by atoms with Gasteiger partial charge in [0.05, 0.1) is 21.9 Å². The first-order chi connectivity index (χ1) is 10.4. The summed E-state index contributed by atoms with van der Waals surface area (Å²) in [5.74, 6) is 0.386. The zero-order valence-electron chi connectivity index (χ0n) is 11.2. The number of para-hydroxylation sites is 1. The highest BCUT2D eigenvalue weighted by molar-refractivity contribution is 7.90. The van der Waals surface area contributed by atoms with Crippen molar-refractivity contribution < 1.29 is 8.42 Å². The Morgan fingerprint density at radius 1 is 1.27 bits per heavy atom. The number of benzene rings is 1. The van der Waals surface area contributed by atoms with Crippen molar-refractivity contribution in [3.05, 3.63) is 40.3 Å². The molecule has 0 saturated heterocycles. The van der Waals surface area contributed by atoms with Crippen molar-refractivity contribution in [1.82, 2.24) is 15.0 Å². The Labute approximate surface area is 137 Å². The van der Waals surface area contributed by atoms with Crippen LogP contribution < -0.4 is 9.84 Å². The molecule has 0 aliphatic carbocycles. The van der Waals surface area contributed by atoms with Crippen LogP contribution in [0.4, 0.5) is 5.69 Å². The molecule has 0 atom stereocenters. The lowest BCUT2D eigenvalue weighted by Crippen LogP contribution is -2.48. The summed E-state index contributed by atoms with van der Waals surface area (Å²) in [6.07, 6.45) is 4.03. The van der Waals surface area contributed by atoms with E-state index in [2.05, 4.69) is 15.5 Å². The molecule has 0 fully saturated rings. The second-order valence-electron chi connectivity index (χ2n) is 4.31. The van der Waals surface area contributed by atoms with Gasteiger partial charge < -0.3 is 0 Å². The van der Waals surface area contributed by atoms with Gasteiger partial charge in [0.15, 0.2) is 5.82 Å². The van der Waals surface area contributed by atoms with Gasteiger partial charge in [-0.25, -0.2) is 15.0 Å². The van der Waals surface area contributed by atoms with Gasteiger partial charge in [-0.3, -0.25) is 4.31 Å². The van der Waals surface area contributed by atoms with Crippen LogP contribution in [0.5, 0.6) is 0 Å². The average molecular weight is 361 g/mol. The highest BCUT2D eigenvalue weighted by Gasteiger charge is 2.34. The van der Waals surface area contributed by atoms with Crippen molar-refractivity contribution in [2.75, 3.05) is 11.4 Å². The first-order valence-corrected chi connectivity index (χ1v) is 8.12. The fraction of sp³-hybridized carbons (Fsp3) is 0.0909. The van der Waals surface area contributed by atoms with E-state index in [1.807, 2.05) is 0 Å². The quantitative estimate of drug-likeness (QED) is 0.887. The van der Waals surface area contributed by atoms with E-state index in [9.17, 15) is 8.42 Å². The normalized spacial score (nSPS) is 16.8. The average Bonchev–Trinajstić information content (AvgIpc) is 2.91. The summed E-state index contributed by atoms with van der Waals surface area (Å²) >= 11 is 12.1. The lowest BCUT2D eigenvalue weighted by Gasteiger charge is -2.27. The first-order valence-electron chi connectivity index (χ1n) is 5.97. The van der Waals surface area contributed by atoms with Crippen LogP contribution in [0.2, 0.25) is 10.0 Å². The molecule has 8 nitrogen and oxygen atoms in total. The Hall–Kier alpha value is -1.81. The first kappa shape index (κ1) is 15.1. The van der Waals surface area contributed by atoms with Crippen molar-refractivity contribution in [1.29, 1.82) is 0 Å². The topological polar surface area (TPSA) is 80.6 Å². The van der Waals surface area contributed by atoms with E-state index in [0.29, 0.717) is 5.82 Å². The molecule has 0 unspecified atom stereocenters. The number of nitrogens with one attached hydrogen (secondary N) is 1. The van der Waals surface area contributed by atoms with Crippen LogP contribution in [0.3, 0.4) is 0 Å². The smallest absolute Gasteiger partial charge is 0.252 e. The maximum atomic E-state index is 12.7. The summed E-state index contributed by atoms with van der Waals surface area (Å²) < 4.78 is 27.3. The lowest BCUT2D eigenvalue weighted by atomic mass is 10.3. The van der Waals surface area contributed by atoms with Crippen molar-refractivity contribution >= 4 is 51.8 Å². The van der Waals surface area contributed by atoms with Gasteiger partial charge in [-0.05, 0) is 12.1 Å². The number of hydrazine groups is 2. The largest absolute Gasteiger partial charge is 0.340 e. The fourth-order valence-corrected chi connectivity index (χ4v) is 3.74. The number of anilines is 1. The van der Waals surface area contributed by atoms with E-state index in [-0.39, 0.29) is 15.7 Å². The second-order valence-corrected chi connectivity index (χ2v) is 6.96. The van der Waals surface area contributed by atoms with Gasteiger partial charge in [0.1, 0.15) is 12.7 Å². The Balaban J connectivity index is 1.96. The molecule has 1 aromatic rings. The molecule has 11 heteroatoms. The second kappa shape index (κ2) is 5.43. The van der Waals surface area contributed by atoms with Crippen molar-refractivity contribution in [3.8, 4) is 0 Å². The molecule has 0 bridgehead atoms. The van der Waals surface area contributed by atoms with Crippen LogP contribution >= 0.6 is 23.2 Å². The van der Waals surface area contributed by atoms with Gasteiger partial charge in [-0.1, -0.05) is 29.3 Å². The van der Waals surface area contributed by atoms with Gasteiger partial charge in [0.25, 0.3) is 0 Å². The molecular formula is C11H10Cl2N6O2S. The predicted octanol–water partition coefficient (Wildman–Crippen LogP) is 1.58. The molecule has 116 valence electrons. The molecule has 3 rings (SSSR count). The highest BCUT2D eigenvalue weighted by atomic mass is 35.5. The summed E-state index contributed by atoms with van der Waals surface area (Å²) in [7, 11) is -2.60. The Morgan fingerprint density at radius 3 is 2.59 bits per heavy atom. The number of fused-ring (bicyclic) bond motifs is 1. The molecule has 2 aliphatic heterocycles. The van der Waals surface area contributed by atoms with Crippen LogP contribution in [-0.4, -0.2) is 37.6 Å². The van der Waals surface area contributed by atoms with E-state index < -0.39 is 10.2 Å². The maximum Gasteiger partial charge on any atom is 0.340 e. The van der Waals surface area contributed by atoms with Gasteiger partial charge in [-0.2, -0.15) is 12.8 Å². The third-order valence-corrected chi connectivity index (χ3v) is 5.14. The van der Waals surface area contributed by atoms with Crippen LogP contribution in [0.1, 0.15) is 0 Å². The molecule has 22 heavy (non-hydrogen) atoms. The summed E-state index contributed by atoms with van der Waals surface area (Å²) in [6, 6.07) is 4.76. The monoisotopic (exact) mass is 360 g/mol. The highest BCUT2D eigenvalue weighted by Crippen LogP contribution is 2.35. The molecule has 1 N–H and O–H groups in total. The number of halogens is 2. The van der Waals surface area contributed by atoms with E-state index in [4.69, 9.17) is 23.2 Å². The van der Waals surface area contributed by atoms with Crippen molar-refractivity contribution in [2.24, 2.45) is 9.98 Å². The minimum Gasteiger partial charge on any atom is -0.252 e. The fourth-order valence-electron chi connectivity index (χ4n) is 1.88. The number of rotatable bonds is 3. The van der Waals surface area contributed by atoms with Crippen LogP contribution in [0.25, 0.3) is 0 Å². The lowest BCUT2D eigenvalue weighted by molar-refractivity contribution is 0.283. The molecule has 2 aliphatic rings. The molecule has 2 heterocycles. The zero-order valence-corrected chi connectivity index (χ0v) is 13.5. The van der Waals surface area contributed by atoms with Crippen LogP contribution in [0.15, 0.2) is 40.2 Å². The van der Waals surface area contributed by atoms with Crippen molar-refractivity contribution in [3.63, 3.8) is 0 Å². The van der Waals surface area contributed by atoms with Crippen molar-refractivity contribution in [2.45, 2.75) is 0 Å². The summed E-state index contributed by atoms with van der Waals surface area (Å²) in [6.45, 7) is 0. The molecule has 0 amide bonds. The van der Waals surface area contributed by atoms with E-state index in [0.717, 1.165) is 8.72 Å². The SMILES string of the molecule is CN(c1c(Cl)cccc1Cl)S(=O)(=O)N1C=C2N=CN=CN2N1. The summed E-state index contributed by atoms with van der Waals surface area (Å²) in [4.78, 5) is 7.74. The maximum absolute atomic E-state index is 12.7. The Bertz CT molecular complexity index is 787. The summed E-state index contributed by atoms with van der Waals surface area (Å²) in [5.41, 5.74) is 2.81. The third kappa shape index (κ3) is 2.41. The molecule has 0 aromatic heterocycles. The Kier molecular flexibility index (Phi) is 3.73. The van der Waals surface area contributed by atoms with Gasteiger partial charge in [-0.15, -0.1) is 5.53 Å². The molecule has 0 radical (unpaired) electrons. The molecular weight excluding hydrogens is 351 g/mol. The van der Waals surface area contributed by atoms with E-state index in [1.54, 1.807) is 18.2 Å². The standard InChI is InChI=1S/C11H10Cl2N6O2S/c1-17(11-8(12)3-2-4-9(11)13)22(20,21)19-5-10-15-6-14-7-18(10)16-19/h2-7,16H,1H3. The molecule has 1 aromatic carbocycles. The van der Waals surface area contributed by atoms with Gasteiger partial charge in [0, 0.05) is 7.05 Å². The minimum atomic E-state index is -3.96. The number of aliphatic imine (C=N–C) groups is 2. The van der Waals surface area contributed by atoms with Gasteiger partial charge >= 0.3 is 10.2 Å². The molecule has 0 saturated carbocycles. The van der Waals surface area contributed by atoms with E-state index >= 15 is 0 Å². The van der Waals surface area contributed by atoms with E-state index in [1.165, 1.54) is 30.9 Å². The predicted molar refractivity (Wildman–Crippen MR) is 85.7 cm³/mol. The Morgan fingerprint density at radius 2 is 1.95 bits per heavy atom. The minimum absolute atomic E-state index is 0.188. The zero-order chi connectivity index (χ0) is 15.9. The van der Waals surface area contributed by atoms with Crippen LogP contribution in [-0.2, 0) is 10.2 Å². The van der Waals surface area contributed by atoms with Crippen LogP contribution in [0, 0.1) is 0 Å². The number of hydrogen-bond acceptors (Lipinski definition) is 6. The molecule has 0 spiro atoms. The third-order valence-electron chi connectivity index (χ3n) is 2.97.